The zero-order valence-corrected chi connectivity index (χ0v) is 52.8. The molecule has 0 radical (unpaired) electrons. The smallest absolute Gasteiger partial charge is 0.283 e. The van der Waals surface area contributed by atoms with Crippen molar-refractivity contribution in [3.8, 4) is 73.6 Å². The maximum atomic E-state index is 11.9. The lowest BCUT2D eigenvalue weighted by Gasteiger charge is -2.05. The van der Waals surface area contributed by atoms with Crippen LogP contribution in [0.1, 0.15) is 40.2 Å². The molecule has 1 saturated heterocycles. The molecule has 10 heterocycles. The number of para-hydroxylation sites is 1. The molecule has 1 atom stereocenters. The van der Waals surface area contributed by atoms with Crippen LogP contribution in [0.15, 0.2) is 148 Å². The molecular weight excluding hydrogens is 1250 g/mol. The molecule has 0 spiro atoms. The number of fused-ring (bicyclic) bond motifs is 5. The van der Waals surface area contributed by atoms with Gasteiger partial charge in [0.2, 0.25) is 29.5 Å². The Hall–Kier alpha value is -10.6. The van der Waals surface area contributed by atoms with Crippen LogP contribution in [0.5, 0.6) is 28.7 Å². The van der Waals surface area contributed by atoms with Crippen molar-refractivity contribution in [3.05, 3.63) is 150 Å². The zero-order chi connectivity index (χ0) is 64.3. The van der Waals surface area contributed by atoms with Gasteiger partial charge in [-0.05, 0) is 78.9 Å². The van der Waals surface area contributed by atoms with Gasteiger partial charge >= 0.3 is 0 Å². The van der Waals surface area contributed by atoms with Gasteiger partial charge in [-0.2, -0.15) is 0 Å². The Morgan fingerprint density at radius 3 is 1.54 bits per heavy atom. The van der Waals surface area contributed by atoms with Gasteiger partial charge in [-0.15, -0.1) is 74.8 Å². The van der Waals surface area contributed by atoms with Crippen LogP contribution in [0.3, 0.4) is 0 Å². The predicted molar refractivity (Wildman–Crippen MR) is 340 cm³/mol. The number of carbonyl (C=O) groups excluding carboxylic acids is 2. The van der Waals surface area contributed by atoms with E-state index < -0.39 is 0 Å². The molecule has 9 aromatic heterocycles. The quantitative estimate of drug-likeness (QED) is 0.0487. The van der Waals surface area contributed by atoms with Crippen LogP contribution in [-0.4, -0.2) is 112 Å². The van der Waals surface area contributed by atoms with E-state index >= 15 is 0 Å². The summed E-state index contributed by atoms with van der Waals surface area (Å²) in [5.74, 6) is 7.45. The normalized spacial score (nSPS) is 12.3. The number of epoxide rings is 1. The van der Waals surface area contributed by atoms with Crippen LogP contribution < -0.4 is 29.8 Å². The molecule has 14 aromatic rings. The number of nitrogens with one attached hydrogen (secondary N) is 2. The Morgan fingerprint density at radius 1 is 0.522 bits per heavy atom. The number of benzene rings is 5. The number of ether oxygens (including phenoxy) is 7. The van der Waals surface area contributed by atoms with Gasteiger partial charge in [0, 0.05) is 90.5 Å². The molecule has 1 fully saturated rings. The lowest BCUT2D eigenvalue weighted by atomic mass is 10.2. The molecular formula is C63H56N10O16S3. The number of aromatic nitrogens is 8. The summed E-state index contributed by atoms with van der Waals surface area (Å²) in [5, 5.41) is 45.2. The third-order valence-corrected chi connectivity index (χ3v) is 16.1. The maximum Gasteiger partial charge on any atom is 0.283 e. The fraction of sp³-hybridized carbons (Fsp3) is 0.206. The number of methoxy groups -OCH3 is 3. The van der Waals surface area contributed by atoms with Crippen molar-refractivity contribution < 1.29 is 74.4 Å². The minimum absolute atomic E-state index is 0.141. The lowest BCUT2D eigenvalue weighted by molar-refractivity contribution is -0.119. The average Bonchev–Trinajstić information content (AvgIpc) is 1.76. The molecule has 472 valence electrons. The first kappa shape index (κ1) is 63.0. The van der Waals surface area contributed by atoms with Gasteiger partial charge in [0.05, 0.1) is 33.7 Å². The summed E-state index contributed by atoms with van der Waals surface area (Å²) in [6, 6.07) is 37.5. The van der Waals surface area contributed by atoms with Gasteiger partial charge in [-0.1, -0.05) is 36.4 Å². The van der Waals surface area contributed by atoms with Crippen LogP contribution in [-0.2, 0) is 19.0 Å². The molecule has 15 rings (SSSR count). The number of phenols is 1. The van der Waals surface area contributed by atoms with Gasteiger partial charge in [-0.3, -0.25) is 20.4 Å². The van der Waals surface area contributed by atoms with Crippen LogP contribution in [0.2, 0.25) is 0 Å². The highest BCUT2D eigenvalue weighted by Crippen LogP contribution is 2.40. The van der Waals surface area contributed by atoms with Crippen LogP contribution in [0, 0.1) is 27.7 Å². The van der Waals surface area contributed by atoms with E-state index in [2.05, 4.69) is 51.6 Å². The number of aromatic hydroxyl groups is 1. The highest BCUT2D eigenvalue weighted by atomic mass is 32.1. The minimum Gasteiger partial charge on any atom is -0.507 e. The van der Waals surface area contributed by atoms with Crippen molar-refractivity contribution in [1.29, 1.82) is 0 Å². The topological polar surface area (TPSA) is 328 Å². The van der Waals surface area contributed by atoms with Gasteiger partial charge in [0.15, 0.2) is 36.4 Å². The van der Waals surface area contributed by atoms with Gasteiger partial charge in [0.1, 0.15) is 41.3 Å². The second-order valence-corrected chi connectivity index (χ2v) is 22.9. The highest BCUT2D eigenvalue weighted by molar-refractivity contribution is 7.22. The standard InChI is InChI=1S/C14H12N2O4.C13H14N2O4S.C13H12N2O3S.C12H10N2O3.C11H8N2O2S/c1-8-15-16-14(19-8)13-5-10-11(18-7-9-6-17-9)3-2-4-12(10)20-13;1-8(16)14-15-13(17)12-6-9-10(19-7-18-2)4-3-5-11(9)20-12;1-8-14-15-13(18-8)12-6-9-10(17-7-16-2)4-3-5-11(9)19-12;1-7-13-14-12(16-7)10-6-8-4-3-5-9(15-2)11(8)17-10;1-6-12-13-11(15-6)10-5-7-8(14)3-2-4-9(7)16-10/h2-5,9H,6-7H2,1H3;3-6H,7H2,1-2H3,(H,14,16)(H,15,17);3-6H,7H2,1-2H3;3-6H,1-2H3;2-5,14H,1H3/t9-;;;;/m0..../s1. The Bertz CT molecular complexity index is 4820. The minimum atomic E-state index is -0.362. The number of aryl methyl sites for hydroxylation is 4. The molecule has 0 bridgehead atoms. The predicted octanol–water partition coefficient (Wildman–Crippen LogP) is 13.2. The summed E-state index contributed by atoms with van der Waals surface area (Å²) < 4.78 is 72.8. The van der Waals surface area contributed by atoms with Crippen molar-refractivity contribution in [2.75, 3.05) is 48.1 Å². The molecule has 0 saturated carbocycles. The molecule has 5 aromatic carbocycles. The number of furan rings is 2. The van der Waals surface area contributed by atoms with Gasteiger partial charge in [0.25, 0.3) is 29.5 Å². The van der Waals surface area contributed by atoms with Crippen LogP contribution in [0.25, 0.3) is 97.0 Å². The molecule has 1 aliphatic rings. The Kier molecular flexibility index (Phi) is 19.8. The average molecular weight is 1310 g/mol. The monoisotopic (exact) mass is 1300 g/mol. The first-order valence-corrected chi connectivity index (χ1v) is 30.3. The number of hydrogen-bond acceptors (Lipinski definition) is 27. The Balaban J connectivity index is 0.000000118. The van der Waals surface area contributed by atoms with Crippen molar-refractivity contribution >= 4 is 98.0 Å². The first-order chi connectivity index (χ1) is 44.7. The van der Waals surface area contributed by atoms with E-state index in [9.17, 15) is 14.7 Å². The van der Waals surface area contributed by atoms with E-state index in [-0.39, 0.29) is 37.3 Å². The number of hydrogen-bond donors (Lipinski definition) is 3. The van der Waals surface area contributed by atoms with E-state index in [0.29, 0.717) is 87.2 Å². The first-order valence-electron chi connectivity index (χ1n) is 27.8. The van der Waals surface area contributed by atoms with Crippen LogP contribution >= 0.6 is 34.0 Å². The van der Waals surface area contributed by atoms with E-state index in [1.54, 1.807) is 72.5 Å². The lowest BCUT2D eigenvalue weighted by Crippen LogP contribution is -2.39. The SMILES string of the molecule is COCOc1cccc2sc(-c3nnc(C)o3)cc12.COCOc1cccc2sc(C(=O)NNC(C)=O)cc12.COc1cccc2cc(-c3nnc(C)o3)oc12.Cc1nnc(-c2cc3c(O)cccc3s2)o1.Cc1nnc(-c2cc3c(OC[C@@H]4CO4)cccc3o2)o1. The third-order valence-electron chi connectivity index (χ3n) is 12.8. The second-order valence-electron chi connectivity index (χ2n) is 19.6. The molecule has 29 heteroatoms. The van der Waals surface area contributed by atoms with E-state index in [4.69, 9.17) is 59.7 Å². The molecule has 1 aliphatic heterocycles. The summed E-state index contributed by atoms with van der Waals surface area (Å²) in [6.07, 6.45) is 0.218. The van der Waals surface area contributed by atoms with Crippen molar-refractivity contribution in [2.45, 2.75) is 40.7 Å². The van der Waals surface area contributed by atoms with Gasteiger partial charge in [-0.25, -0.2) is 0 Å². The fourth-order valence-electron chi connectivity index (χ4n) is 8.64. The van der Waals surface area contributed by atoms with E-state index in [0.717, 1.165) is 74.5 Å². The van der Waals surface area contributed by atoms with E-state index in [1.165, 1.54) is 29.6 Å². The number of thiophene rings is 3. The summed E-state index contributed by atoms with van der Waals surface area (Å²) >= 11 is 4.44. The zero-order valence-electron chi connectivity index (χ0n) is 50.3. The maximum absolute atomic E-state index is 11.9. The Morgan fingerprint density at radius 2 is 1.01 bits per heavy atom. The number of nitrogens with zero attached hydrogens (tertiary/aromatic N) is 8. The number of phenolic OH excluding ortho intramolecular Hbond substituents is 1. The molecule has 0 unspecified atom stereocenters. The van der Waals surface area contributed by atoms with Crippen molar-refractivity contribution in [3.63, 3.8) is 0 Å². The molecule has 26 nitrogen and oxygen atoms in total. The number of rotatable bonds is 15. The van der Waals surface area contributed by atoms with Crippen molar-refractivity contribution in [1.82, 2.24) is 51.6 Å². The van der Waals surface area contributed by atoms with Crippen molar-refractivity contribution in [2.24, 2.45) is 0 Å². The number of amides is 2. The number of hydrazine groups is 1. The molecule has 3 N–H and O–H groups in total. The van der Waals surface area contributed by atoms with Crippen LogP contribution in [0.4, 0.5) is 0 Å². The third kappa shape index (κ3) is 15.4. The number of carbonyl (C=O) groups is 2. The summed E-state index contributed by atoms with van der Waals surface area (Å²) in [4.78, 5) is 24.9. The largest absolute Gasteiger partial charge is 0.507 e. The summed E-state index contributed by atoms with van der Waals surface area (Å²) in [7, 11) is 4.74. The molecule has 0 aliphatic carbocycles. The van der Waals surface area contributed by atoms with E-state index in [1.807, 2.05) is 109 Å². The summed E-state index contributed by atoms with van der Waals surface area (Å²) in [6.45, 7) is 10.0. The molecule has 92 heavy (non-hydrogen) atoms. The highest BCUT2D eigenvalue weighted by Gasteiger charge is 2.24. The second kappa shape index (κ2) is 28.9. The Labute approximate surface area is 533 Å². The van der Waals surface area contributed by atoms with Gasteiger partial charge < -0.3 is 64.8 Å². The fourth-order valence-corrected chi connectivity index (χ4v) is 11.6. The summed E-state index contributed by atoms with van der Waals surface area (Å²) in [5.41, 5.74) is 5.99. The molecule has 2 amide bonds.